The van der Waals surface area contributed by atoms with E-state index in [1.165, 1.54) is 19.2 Å². The molecule has 0 aromatic heterocycles. The number of carbonyl (C=O) groups is 1. The number of halogens is 1. The van der Waals surface area contributed by atoms with Crippen molar-refractivity contribution >= 4 is 16.0 Å². The first-order valence-electron chi connectivity index (χ1n) is 6.16. The summed E-state index contributed by atoms with van der Waals surface area (Å²) in [5.41, 5.74) is 0.360. The molecule has 0 radical (unpaired) electrons. The summed E-state index contributed by atoms with van der Waals surface area (Å²) in [6.07, 6.45) is 0.532. The second-order valence-electron chi connectivity index (χ2n) is 4.33. The molecule has 0 bridgehead atoms. The highest BCUT2D eigenvalue weighted by atomic mass is 32.2. The summed E-state index contributed by atoms with van der Waals surface area (Å²) < 4.78 is 43.8. The topological polar surface area (TPSA) is 63.7 Å². The van der Waals surface area contributed by atoms with Crippen LogP contribution in [-0.2, 0) is 19.6 Å². The molecule has 20 heavy (non-hydrogen) atoms. The molecule has 0 aliphatic heterocycles. The van der Waals surface area contributed by atoms with Gasteiger partial charge in [-0.2, -0.15) is 4.31 Å². The first-order valence-corrected chi connectivity index (χ1v) is 7.60. The third-order valence-corrected chi connectivity index (χ3v) is 4.63. The van der Waals surface area contributed by atoms with Crippen LogP contribution in [0.15, 0.2) is 23.1 Å². The molecule has 0 saturated carbocycles. The van der Waals surface area contributed by atoms with Crippen LogP contribution in [-0.4, -0.2) is 38.9 Å². The molecule has 1 aromatic carbocycles. The molecule has 0 heterocycles. The SMILES string of the molecule is CCCN(CC(=O)OC)S(=O)(=O)c1ccc(C)c(F)c1. The van der Waals surface area contributed by atoms with Crippen LogP contribution >= 0.6 is 0 Å². The monoisotopic (exact) mass is 303 g/mol. The summed E-state index contributed by atoms with van der Waals surface area (Å²) in [7, 11) is -2.73. The van der Waals surface area contributed by atoms with Gasteiger partial charge in [-0.05, 0) is 31.0 Å². The Morgan fingerprint density at radius 2 is 2.05 bits per heavy atom. The number of hydrogen-bond donors (Lipinski definition) is 0. The number of methoxy groups -OCH3 is 1. The van der Waals surface area contributed by atoms with Gasteiger partial charge >= 0.3 is 5.97 Å². The van der Waals surface area contributed by atoms with E-state index in [4.69, 9.17) is 0 Å². The Morgan fingerprint density at radius 1 is 1.40 bits per heavy atom. The predicted molar refractivity (Wildman–Crippen MR) is 72.2 cm³/mol. The van der Waals surface area contributed by atoms with Crippen molar-refractivity contribution in [3.8, 4) is 0 Å². The van der Waals surface area contributed by atoms with Crippen LogP contribution in [0.25, 0.3) is 0 Å². The van der Waals surface area contributed by atoms with E-state index in [0.717, 1.165) is 10.4 Å². The van der Waals surface area contributed by atoms with Crippen molar-refractivity contribution in [2.24, 2.45) is 0 Å². The largest absolute Gasteiger partial charge is 0.468 e. The van der Waals surface area contributed by atoms with Gasteiger partial charge in [-0.3, -0.25) is 4.79 Å². The minimum atomic E-state index is -3.92. The van der Waals surface area contributed by atoms with E-state index in [2.05, 4.69) is 4.74 Å². The maximum atomic E-state index is 13.5. The second-order valence-corrected chi connectivity index (χ2v) is 6.26. The summed E-state index contributed by atoms with van der Waals surface area (Å²) >= 11 is 0. The van der Waals surface area contributed by atoms with Gasteiger partial charge in [0.25, 0.3) is 0 Å². The van der Waals surface area contributed by atoms with Crippen molar-refractivity contribution in [2.75, 3.05) is 20.2 Å². The lowest BCUT2D eigenvalue weighted by Gasteiger charge is -2.20. The van der Waals surface area contributed by atoms with E-state index in [0.29, 0.717) is 12.0 Å². The van der Waals surface area contributed by atoms with Gasteiger partial charge in [-0.1, -0.05) is 13.0 Å². The fourth-order valence-corrected chi connectivity index (χ4v) is 3.11. The molecule has 1 aromatic rings. The molecule has 0 saturated heterocycles. The Labute approximate surface area is 118 Å². The van der Waals surface area contributed by atoms with E-state index in [9.17, 15) is 17.6 Å². The van der Waals surface area contributed by atoms with Gasteiger partial charge in [0.15, 0.2) is 0 Å². The normalized spacial score (nSPS) is 11.7. The van der Waals surface area contributed by atoms with Gasteiger partial charge in [0.05, 0.1) is 12.0 Å². The highest BCUT2D eigenvalue weighted by molar-refractivity contribution is 7.89. The minimum Gasteiger partial charge on any atom is -0.468 e. The summed E-state index contributed by atoms with van der Waals surface area (Å²) in [5, 5.41) is 0. The summed E-state index contributed by atoms with van der Waals surface area (Å²) in [5.74, 6) is -1.25. The molecule has 5 nitrogen and oxygen atoms in total. The lowest BCUT2D eigenvalue weighted by molar-refractivity contribution is -0.140. The number of aryl methyl sites for hydroxylation is 1. The number of esters is 1. The van der Waals surface area contributed by atoms with Crippen LogP contribution in [0.2, 0.25) is 0 Å². The number of rotatable bonds is 6. The second kappa shape index (κ2) is 6.81. The maximum absolute atomic E-state index is 13.5. The molecule has 7 heteroatoms. The van der Waals surface area contributed by atoms with Crippen molar-refractivity contribution in [3.05, 3.63) is 29.6 Å². The third-order valence-electron chi connectivity index (χ3n) is 2.79. The number of sulfonamides is 1. The first-order chi connectivity index (χ1) is 9.32. The van der Waals surface area contributed by atoms with E-state index >= 15 is 0 Å². The molecule has 0 fully saturated rings. The zero-order chi connectivity index (χ0) is 15.3. The fraction of sp³-hybridized carbons (Fsp3) is 0.462. The Bertz CT molecular complexity index is 586. The van der Waals surface area contributed by atoms with Gasteiger partial charge in [-0.25, -0.2) is 12.8 Å². The van der Waals surface area contributed by atoms with Crippen LogP contribution < -0.4 is 0 Å². The number of carbonyl (C=O) groups excluding carboxylic acids is 1. The molecule has 0 atom stereocenters. The summed E-state index contributed by atoms with van der Waals surface area (Å²) in [4.78, 5) is 11.1. The number of benzene rings is 1. The smallest absolute Gasteiger partial charge is 0.321 e. The lowest BCUT2D eigenvalue weighted by Crippen LogP contribution is -2.36. The van der Waals surface area contributed by atoms with E-state index in [1.807, 2.05) is 0 Å². The summed E-state index contributed by atoms with van der Waals surface area (Å²) in [6.45, 7) is 3.11. The van der Waals surface area contributed by atoms with Crippen LogP contribution in [0.1, 0.15) is 18.9 Å². The van der Waals surface area contributed by atoms with Crippen molar-refractivity contribution < 1.29 is 22.3 Å². The third kappa shape index (κ3) is 3.77. The molecule has 112 valence electrons. The van der Waals surface area contributed by atoms with Gasteiger partial charge in [0.2, 0.25) is 10.0 Å². The van der Waals surface area contributed by atoms with E-state index < -0.39 is 21.8 Å². The molecule has 1 rings (SSSR count). The number of nitrogens with zero attached hydrogens (tertiary/aromatic N) is 1. The molecule has 0 amide bonds. The maximum Gasteiger partial charge on any atom is 0.321 e. The molecule has 0 spiro atoms. The van der Waals surface area contributed by atoms with Crippen molar-refractivity contribution in [1.82, 2.24) is 4.31 Å². The van der Waals surface area contributed by atoms with Gasteiger partial charge < -0.3 is 4.74 Å². The van der Waals surface area contributed by atoms with Crippen LogP contribution in [0, 0.1) is 12.7 Å². The molecule has 0 aliphatic carbocycles. The average molecular weight is 303 g/mol. The van der Waals surface area contributed by atoms with Crippen molar-refractivity contribution in [2.45, 2.75) is 25.2 Å². The zero-order valence-electron chi connectivity index (χ0n) is 11.7. The quantitative estimate of drug-likeness (QED) is 0.751. The van der Waals surface area contributed by atoms with Crippen molar-refractivity contribution in [3.63, 3.8) is 0 Å². The average Bonchev–Trinajstić information content (AvgIpc) is 2.40. The molecular formula is C13H18FNO4S. The van der Waals surface area contributed by atoms with Gasteiger partial charge in [0, 0.05) is 6.54 Å². The van der Waals surface area contributed by atoms with Crippen LogP contribution in [0.3, 0.4) is 0 Å². The Hall–Kier alpha value is -1.47. The first kappa shape index (κ1) is 16.6. The number of hydrogen-bond acceptors (Lipinski definition) is 4. The van der Waals surface area contributed by atoms with Gasteiger partial charge in [-0.15, -0.1) is 0 Å². The lowest BCUT2D eigenvalue weighted by atomic mass is 10.2. The van der Waals surface area contributed by atoms with Crippen LogP contribution in [0.4, 0.5) is 4.39 Å². The fourth-order valence-electron chi connectivity index (χ4n) is 1.63. The molecule has 0 unspecified atom stereocenters. The Balaban J connectivity index is 3.14. The summed E-state index contributed by atoms with van der Waals surface area (Å²) in [6, 6.07) is 3.68. The number of ether oxygens (including phenoxy) is 1. The highest BCUT2D eigenvalue weighted by Gasteiger charge is 2.26. The van der Waals surface area contributed by atoms with Crippen LogP contribution in [0.5, 0.6) is 0 Å². The molecule has 0 aliphatic rings. The van der Waals surface area contributed by atoms with Crippen molar-refractivity contribution in [1.29, 1.82) is 0 Å². The zero-order valence-corrected chi connectivity index (χ0v) is 12.5. The standard InChI is InChI=1S/C13H18FNO4S/c1-4-7-15(9-13(16)19-3)20(17,18)11-6-5-10(2)12(14)8-11/h5-6,8H,4,7,9H2,1-3H3. The minimum absolute atomic E-state index is 0.160. The van der Waals surface area contributed by atoms with E-state index in [1.54, 1.807) is 13.8 Å². The molecule has 0 N–H and O–H groups in total. The molecular weight excluding hydrogens is 285 g/mol. The predicted octanol–water partition coefficient (Wildman–Crippen LogP) is 1.71. The Kier molecular flexibility index (Phi) is 5.64. The highest BCUT2D eigenvalue weighted by Crippen LogP contribution is 2.19. The van der Waals surface area contributed by atoms with Gasteiger partial charge in [0.1, 0.15) is 12.4 Å². The Morgan fingerprint density at radius 3 is 2.55 bits per heavy atom. The van der Waals surface area contributed by atoms with E-state index in [-0.39, 0.29) is 18.0 Å².